The molecule has 2 heteroatoms. The third-order valence-electron chi connectivity index (χ3n) is 4.00. The van der Waals surface area contributed by atoms with Crippen LogP contribution in [0.15, 0.2) is 0 Å². The summed E-state index contributed by atoms with van der Waals surface area (Å²) < 4.78 is 0. The minimum absolute atomic E-state index is 0.706. The Kier molecular flexibility index (Phi) is 3.66. The van der Waals surface area contributed by atoms with Gasteiger partial charge in [-0.1, -0.05) is 12.3 Å². The van der Waals surface area contributed by atoms with Gasteiger partial charge in [0, 0.05) is 18.1 Å². The van der Waals surface area contributed by atoms with Crippen LogP contribution in [0.4, 0.5) is 0 Å². The first-order valence-corrected chi connectivity index (χ1v) is 6.16. The molecule has 0 aromatic heterocycles. The number of nitrogens with one attached hydrogen (secondary N) is 1. The highest BCUT2D eigenvalue weighted by atomic mass is 15.2. The van der Waals surface area contributed by atoms with Crippen molar-refractivity contribution in [2.24, 2.45) is 0 Å². The van der Waals surface area contributed by atoms with Gasteiger partial charge < -0.3 is 10.2 Å². The number of nitrogens with zero attached hydrogens (tertiary/aromatic N) is 1. The maximum Gasteiger partial charge on any atom is 0.0578 e. The standard InChI is InChI=1S/C13H22N2/c1-3-4-8-14-11-9-12-6-5-7-13(10-11)15(12)2/h11-14H,5-10H2,1-2H3. The van der Waals surface area contributed by atoms with E-state index >= 15 is 0 Å². The average Bonchev–Trinajstić information content (AvgIpc) is 2.19. The number of piperidine rings is 2. The molecule has 84 valence electrons. The zero-order valence-corrected chi connectivity index (χ0v) is 9.92. The van der Waals surface area contributed by atoms with Gasteiger partial charge in [0.15, 0.2) is 0 Å². The molecule has 2 aliphatic rings. The highest BCUT2D eigenvalue weighted by molar-refractivity contribution is 5.00. The molecule has 0 radical (unpaired) electrons. The van der Waals surface area contributed by atoms with Crippen molar-refractivity contribution in [3.05, 3.63) is 0 Å². The van der Waals surface area contributed by atoms with Gasteiger partial charge in [-0.2, -0.15) is 0 Å². The number of hydrogen-bond donors (Lipinski definition) is 1. The molecule has 0 aromatic carbocycles. The molecule has 2 bridgehead atoms. The van der Waals surface area contributed by atoms with Crippen LogP contribution < -0.4 is 5.32 Å². The molecule has 0 saturated carbocycles. The number of rotatable bonds is 2. The molecule has 2 fully saturated rings. The highest BCUT2D eigenvalue weighted by Crippen LogP contribution is 2.32. The first kappa shape index (κ1) is 11.0. The average molecular weight is 206 g/mol. The first-order valence-electron chi connectivity index (χ1n) is 6.16. The minimum Gasteiger partial charge on any atom is -0.303 e. The maximum atomic E-state index is 3.57. The Morgan fingerprint density at radius 2 is 1.93 bits per heavy atom. The van der Waals surface area contributed by atoms with Gasteiger partial charge in [-0.3, -0.25) is 0 Å². The lowest BCUT2D eigenvalue weighted by Gasteiger charge is -2.47. The summed E-state index contributed by atoms with van der Waals surface area (Å²) in [5.41, 5.74) is 0. The van der Waals surface area contributed by atoms with Crippen LogP contribution >= 0.6 is 0 Å². The van der Waals surface area contributed by atoms with Crippen molar-refractivity contribution in [1.29, 1.82) is 0 Å². The van der Waals surface area contributed by atoms with Gasteiger partial charge in [-0.15, -0.1) is 5.92 Å². The van der Waals surface area contributed by atoms with Crippen LogP contribution in [0.25, 0.3) is 0 Å². The molecule has 0 aliphatic carbocycles. The van der Waals surface area contributed by atoms with E-state index in [9.17, 15) is 0 Å². The molecule has 0 aromatic rings. The van der Waals surface area contributed by atoms with Crippen molar-refractivity contribution in [3.8, 4) is 11.8 Å². The topological polar surface area (TPSA) is 15.3 Å². The van der Waals surface area contributed by atoms with Crippen molar-refractivity contribution in [2.75, 3.05) is 13.6 Å². The predicted octanol–water partition coefficient (Wildman–Crippen LogP) is 1.61. The monoisotopic (exact) mass is 206 g/mol. The predicted molar refractivity (Wildman–Crippen MR) is 63.7 cm³/mol. The zero-order chi connectivity index (χ0) is 10.7. The molecule has 2 aliphatic heterocycles. The SMILES string of the molecule is CC#CCNC1CC2CCCC(C1)N2C. The summed E-state index contributed by atoms with van der Waals surface area (Å²) in [6.45, 7) is 2.77. The second-order valence-corrected chi connectivity index (χ2v) is 4.88. The minimum atomic E-state index is 0.706. The molecule has 0 amide bonds. The Balaban J connectivity index is 1.86. The zero-order valence-electron chi connectivity index (χ0n) is 9.92. The van der Waals surface area contributed by atoms with Gasteiger partial charge in [0.1, 0.15) is 0 Å². The van der Waals surface area contributed by atoms with Crippen LogP contribution in [-0.2, 0) is 0 Å². The summed E-state index contributed by atoms with van der Waals surface area (Å²) in [4.78, 5) is 2.60. The van der Waals surface area contributed by atoms with Crippen molar-refractivity contribution >= 4 is 0 Å². The van der Waals surface area contributed by atoms with Gasteiger partial charge in [0.05, 0.1) is 6.54 Å². The van der Waals surface area contributed by atoms with E-state index in [0.29, 0.717) is 6.04 Å². The van der Waals surface area contributed by atoms with Crippen LogP contribution in [0.3, 0.4) is 0 Å². The molecule has 2 rings (SSSR count). The molecule has 1 N–H and O–H groups in total. The Morgan fingerprint density at radius 1 is 1.27 bits per heavy atom. The van der Waals surface area contributed by atoms with Gasteiger partial charge in [0.2, 0.25) is 0 Å². The summed E-state index contributed by atoms with van der Waals surface area (Å²) in [6, 6.07) is 2.35. The molecule has 0 spiro atoms. The lowest BCUT2D eigenvalue weighted by molar-refractivity contribution is 0.0496. The van der Waals surface area contributed by atoms with Crippen LogP contribution in [-0.4, -0.2) is 36.6 Å². The van der Waals surface area contributed by atoms with E-state index in [2.05, 4.69) is 29.1 Å². The van der Waals surface area contributed by atoms with Gasteiger partial charge in [-0.05, 0) is 39.7 Å². The summed E-state index contributed by atoms with van der Waals surface area (Å²) in [6.07, 6.45) is 6.85. The fraction of sp³-hybridized carbons (Fsp3) is 0.846. The van der Waals surface area contributed by atoms with E-state index in [-0.39, 0.29) is 0 Å². The lowest BCUT2D eigenvalue weighted by Crippen LogP contribution is -2.54. The lowest BCUT2D eigenvalue weighted by atomic mass is 9.82. The van der Waals surface area contributed by atoms with Gasteiger partial charge >= 0.3 is 0 Å². The number of fused-ring (bicyclic) bond motifs is 2. The molecular formula is C13H22N2. The van der Waals surface area contributed by atoms with Crippen LogP contribution in [0, 0.1) is 11.8 Å². The number of hydrogen-bond acceptors (Lipinski definition) is 2. The van der Waals surface area contributed by atoms with E-state index in [0.717, 1.165) is 18.6 Å². The fourth-order valence-corrected chi connectivity index (χ4v) is 3.07. The summed E-state index contributed by atoms with van der Waals surface area (Å²) in [7, 11) is 2.30. The third kappa shape index (κ3) is 2.53. The normalized spacial score (nSPS) is 35.7. The molecule has 15 heavy (non-hydrogen) atoms. The van der Waals surface area contributed by atoms with Gasteiger partial charge in [-0.25, -0.2) is 0 Å². The van der Waals surface area contributed by atoms with E-state index in [1.807, 2.05) is 6.92 Å². The van der Waals surface area contributed by atoms with Crippen LogP contribution in [0.5, 0.6) is 0 Å². The summed E-state index contributed by atoms with van der Waals surface area (Å²) in [5, 5.41) is 3.57. The Morgan fingerprint density at radius 3 is 2.53 bits per heavy atom. The molecule has 2 nitrogen and oxygen atoms in total. The molecule has 2 atom stereocenters. The van der Waals surface area contributed by atoms with E-state index < -0.39 is 0 Å². The Hall–Kier alpha value is -0.520. The molecule has 2 heterocycles. The largest absolute Gasteiger partial charge is 0.303 e. The Bertz CT molecular complexity index is 249. The second kappa shape index (κ2) is 5.01. The van der Waals surface area contributed by atoms with Crippen molar-refractivity contribution in [1.82, 2.24) is 10.2 Å². The van der Waals surface area contributed by atoms with Crippen LogP contribution in [0.1, 0.15) is 39.0 Å². The molecule has 2 saturated heterocycles. The highest BCUT2D eigenvalue weighted by Gasteiger charge is 2.35. The van der Waals surface area contributed by atoms with Crippen molar-refractivity contribution < 1.29 is 0 Å². The van der Waals surface area contributed by atoms with Gasteiger partial charge in [0.25, 0.3) is 0 Å². The van der Waals surface area contributed by atoms with Crippen LogP contribution in [0.2, 0.25) is 0 Å². The van der Waals surface area contributed by atoms with E-state index in [4.69, 9.17) is 0 Å². The quantitative estimate of drug-likeness (QED) is 0.691. The van der Waals surface area contributed by atoms with E-state index in [1.165, 1.54) is 32.1 Å². The summed E-state index contributed by atoms with van der Waals surface area (Å²) in [5.74, 6) is 6.04. The smallest absolute Gasteiger partial charge is 0.0578 e. The summed E-state index contributed by atoms with van der Waals surface area (Å²) >= 11 is 0. The molecule has 2 unspecified atom stereocenters. The van der Waals surface area contributed by atoms with E-state index in [1.54, 1.807) is 0 Å². The van der Waals surface area contributed by atoms with Crippen molar-refractivity contribution in [2.45, 2.75) is 57.2 Å². The third-order valence-corrected chi connectivity index (χ3v) is 4.00. The maximum absolute atomic E-state index is 3.57. The molecular weight excluding hydrogens is 184 g/mol. The Labute approximate surface area is 93.4 Å². The first-order chi connectivity index (χ1) is 7.31. The fourth-order valence-electron chi connectivity index (χ4n) is 3.07. The second-order valence-electron chi connectivity index (χ2n) is 4.88. The van der Waals surface area contributed by atoms with Crippen molar-refractivity contribution in [3.63, 3.8) is 0 Å².